The number of benzene rings is 4. The van der Waals surface area contributed by atoms with E-state index in [-0.39, 0.29) is 47.5 Å². The number of nitrogens with one attached hydrogen (secondary N) is 3. The van der Waals surface area contributed by atoms with Crippen molar-refractivity contribution in [2.75, 3.05) is 72.1 Å². The van der Waals surface area contributed by atoms with Crippen molar-refractivity contribution in [2.24, 2.45) is 4.99 Å². The van der Waals surface area contributed by atoms with E-state index in [4.69, 9.17) is 17.9 Å². The highest BCUT2D eigenvalue weighted by Crippen LogP contribution is 2.28. The Hall–Kier alpha value is -8.13. The van der Waals surface area contributed by atoms with Gasteiger partial charge in [-0.25, -0.2) is 36.1 Å². The summed E-state index contributed by atoms with van der Waals surface area (Å²) >= 11 is 0. The number of rotatable bonds is 17. The zero-order chi connectivity index (χ0) is 59.4. The first-order chi connectivity index (χ1) is 37.6. The summed E-state index contributed by atoms with van der Waals surface area (Å²) in [6.45, 7) is 38.9. The van der Waals surface area contributed by atoms with Crippen LogP contribution < -0.4 is 25.8 Å². The molecule has 3 amide bonds. The summed E-state index contributed by atoms with van der Waals surface area (Å²) in [4.78, 5) is 61.7. The lowest BCUT2D eigenvalue weighted by Gasteiger charge is -2.28. The molecule has 2 unspecified atom stereocenters. The van der Waals surface area contributed by atoms with E-state index in [2.05, 4.69) is 43.8 Å². The van der Waals surface area contributed by atoms with Crippen molar-refractivity contribution in [1.29, 1.82) is 0 Å². The minimum Gasteiger partial charge on any atom is -0.445 e. The number of alkyl carbamates (subject to hydrolysis) is 1. The quantitative estimate of drug-likeness (QED) is 0.0338. The predicted octanol–water partition coefficient (Wildman–Crippen LogP) is 8.35. The van der Waals surface area contributed by atoms with Gasteiger partial charge in [0.1, 0.15) is 6.10 Å². The van der Waals surface area contributed by atoms with Gasteiger partial charge in [-0.2, -0.15) is 4.99 Å². The summed E-state index contributed by atoms with van der Waals surface area (Å²) in [7, 11) is -5.88. The van der Waals surface area contributed by atoms with Crippen molar-refractivity contribution in [1.82, 2.24) is 16.0 Å². The van der Waals surface area contributed by atoms with Gasteiger partial charge in [0.05, 0.1) is 59.9 Å². The molecule has 0 radical (unpaired) electrons. The number of anilines is 2. The summed E-state index contributed by atoms with van der Waals surface area (Å²) < 4.78 is 51.7. The van der Waals surface area contributed by atoms with Crippen LogP contribution in [0, 0.1) is 13.1 Å². The highest BCUT2D eigenvalue weighted by molar-refractivity contribution is 7.91. The smallest absolute Gasteiger partial charge is 0.408 e. The molecule has 18 nitrogen and oxygen atoms in total. The van der Waals surface area contributed by atoms with Crippen molar-refractivity contribution in [3.05, 3.63) is 178 Å². The molecule has 0 spiro atoms. The summed E-state index contributed by atoms with van der Waals surface area (Å²) in [5.41, 5.74) is 7.65. The van der Waals surface area contributed by atoms with Gasteiger partial charge in [0.2, 0.25) is 17.9 Å². The molecule has 2 fully saturated rings. The molecule has 4 N–H and O–H groups in total. The van der Waals surface area contributed by atoms with Gasteiger partial charge in [0.25, 0.3) is 11.4 Å². The van der Waals surface area contributed by atoms with Crippen LogP contribution in [0.3, 0.4) is 0 Å². The zero-order valence-electron chi connectivity index (χ0n) is 46.7. The molecule has 424 valence electrons. The number of sulfone groups is 2. The van der Waals surface area contributed by atoms with Crippen LogP contribution in [-0.4, -0.2) is 120 Å². The zero-order valence-corrected chi connectivity index (χ0v) is 48.3. The fourth-order valence-electron chi connectivity index (χ4n) is 7.87. The number of amides is 3. The summed E-state index contributed by atoms with van der Waals surface area (Å²) in [6.07, 6.45) is 2.63. The second-order valence-electron chi connectivity index (χ2n) is 20.5. The number of aliphatic hydroxyl groups excluding tert-OH is 1. The maximum absolute atomic E-state index is 12.6. The maximum Gasteiger partial charge on any atom is 0.408 e. The largest absolute Gasteiger partial charge is 0.445 e. The molecule has 0 bridgehead atoms. The number of nitrogens with zero attached hydrogens (tertiary/aromatic N) is 5. The Morgan fingerprint density at radius 3 is 1.49 bits per heavy atom. The summed E-state index contributed by atoms with van der Waals surface area (Å²) in [5, 5.41) is 17.2. The van der Waals surface area contributed by atoms with E-state index < -0.39 is 60.9 Å². The van der Waals surface area contributed by atoms with Crippen LogP contribution in [0.1, 0.15) is 88.8 Å². The fraction of sp³-hybridized carbons (Fsp3) is 0.367. The summed E-state index contributed by atoms with van der Waals surface area (Å²) in [6, 6.07) is 30.1. The standard InChI is InChI=1S/C30H36N4O5S.C17H21N3O4S.C13H15NO/c1-21(2)24-8-7-9-25(19-24)30(4,5)33-29(36)39-22(3)20-32-28(35)27(31-6)18-23-10-12-26(13-11-23)34-14-16-40(37,38)17-15-34;1-13(21)12-19-17(22)16(18-2)11-14-3-5-15(6-4-14)20-7-9-25(23,24)10-8-20;1-10(2)11-6-5-7-12(8-11)13(3,4)14-9-15/h7-13,18-19,22H,1,14-17,20H2,2-5H3,(H,32,35)(H,33,36);3-6,11,13,21H,7-10,12H2,1H3,(H,19,22);5-8H,1H2,2-4H3/b27-18-;16-11-;. The van der Waals surface area contributed by atoms with Crippen molar-refractivity contribution in [2.45, 2.75) is 78.7 Å². The molecule has 2 atom stereocenters. The van der Waals surface area contributed by atoms with Gasteiger partial charge in [-0.1, -0.05) is 85.0 Å². The first-order valence-electron chi connectivity index (χ1n) is 25.7. The monoisotopic (exact) mass is 1130 g/mol. The topological polar surface area (TPSA) is 230 Å². The number of ether oxygens (including phenoxy) is 1. The lowest BCUT2D eigenvalue weighted by molar-refractivity contribution is -0.118. The van der Waals surface area contributed by atoms with Crippen molar-refractivity contribution >= 4 is 78.3 Å². The van der Waals surface area contributed by atoms with Crippen LogP contribution in [0.4, 0.5) is 16.2 Å². The van der Waals surface area contributed by atoms with Gasteiger partial charge in [-0.3, -0.25) is 9.59 Å². The van der Waals surface area contributed by atoms with Gasteiger partial charge in [0, 0.05) is 44.1 Å². The number of hydrogen-bond acceptors (Lipinski definition) is 13. The molecular weight excluding hydrogens is 1060 g/mol. The molecule has 0 aliphatic carbocycles. The van der Waals surface area contributed by atoms with Crippen LogP contribution in [0.15, 0.2) is 127 Å². The van der Waals surface area contributed by atoms with Crippen molar-refractivity contribution in [3.8, 4) is 0 Å². The molecule has 0 aromatic heterocycles. The van der Waals surface area contributed by atoms with E-state index >= 15 is 0 Å². The highest BCUT2D eigenvalue weighted by atomic mass is 32.2. The second kappa shape index (κ2) is 29.2. The van der Waals surface area contributed by atoms with Gasteiger partial charge in [0.15, 0.2) is 19.7 Å². The molecule has 80 heavy (non-hydrogen) atoms. The van der Waals surface area contributed by atoms with Crippen LogP contribution in [0.2, 0.25) is 0 Å². The SMILES string of the molecule is C=C(C)c1cccc(C(C)(C)N=C=O)c1.[C-]#[N+]/C(=C\c1ccc(N2CCS(=O)(=O)CC2)cc1)C(=O)NCC(C)O.[C-]#[N+]/C(=C\c1ccc(N2CCS(=O)(=O)CC2)cc1)C(=O)NCC(C)OC(=O)NC(C)(C)c1cccc(C(=C)C)c1. The molecular formula is C60H72N8O10S2. The maximum atomic E-state index is 12.6. The van der Waals surface area contributed by atoms with E-state index in [0.29, 0.717) is 37.3 Å². The van der Waals surface area contributed by atoms with Crippen molar-refractivity contribution in [3.63, 3.8) is 0 Å². The van der Waals surface area contributed by atoms with Crippen molar-refractivity contribution < 1.29 is 45.9 Å². The van der Waals surface area contributed by atoms with Gasteiger partial charge in [-0.15, -0.1) is 0 Å². The molecule has 0 saturated carbocycles. The normalized spacial score (nSPS) is 15.6. The number of isocyanates is 1. The van der Waals surface area contributed by atoms with E-state index in [9.17, 15) is 41.1 Å². The van der Waals surface area contributed by atoms with Crippen LogP contribution in [-0.2, 0) is 49.9 Å². The molecule has 4 aromatic rings. The van der Waals surface area contributed by atoms with Gasteiger partial charge >= 0.3 is 6.09 Å². The Bertz CT molecular complexity index is 3280. The molecule has 2 aliphatic heterocycles. The third-order valence-electron chi connectivity index (χ3n) is 12.8. The summed E-state index contributed by atoms with van der Waals surface area (Å²) in [5.74, 6) is -0.544. The molecule has 2 heterocycles. The lowest BCUT2D eigenvalue weighted by atomic mass is 9.92. The first-order valence-corrected chi connectivity index (χ1v) is 29.4. The molecule has 6 rings (SSSR count). The minimum absolute atomic E-state index is 0.0293. The number of carbonyl (C=O) groups is 3. The first kappa shape index (κ1) is 64.4. The van der Waals surface area contributed by atoms with Gasteiger partial charge in [-0.05, 0) is 137 Å². The Balaban J connectivity index is 0.000000291. The van der Waals surface area contributed by atoms with E-state index in [1.54, 1.807) is 44.2 Å². The van der Waals surface area contributed by atoms with Gasteiger partial charge < -0.3 is 35.6 Å². The molecule has 2 saturated heterocycles. The molecule has 20 heteroatoms. The van der Waals surface area contributed by atoms with E-state index in [1.807, 2.05) is 124 Å². The number of aliphatic imine (C=N–C) groups is 1. The number of carbonyl (C=O) groups excluding carboxylic acids is 4. The second-order valence-corrected chi connectivity index (χ2v) is 25.1. The van der Waals surface area contributed by atoms with E-state index in [1.165, 1.54) is 12.2 Å². The Morgan fingerprint density at radius 2 is 1.10 bits per heavy atom. The molecule has 2 aliphatic rings. The average Bonchev–Trinajstić information content (AvgIpc) is 3.41. The fourth-order valence-corrected chi connectivity index (χ4v) is 10.3. The van der Waals surface area contributed by atoms with Crippen LogP contribution >= 0.6 is 0 Å². The third-order valence-corrected chi connectivity index (χ3v) is 16.0. The number of aliphatic hydroxyl groups is 1. The number of allylic oxidation sites excluding steroid dienone is 2. The Kier molecular flexibility index (Phi) is 23.5. The lowest BCUT2D eigenvalue weighted by Crippen LogP contribution is -2.43. The van der Waals surface area contributed by atoms with Crippen LogP contribution in [0.25, 0.3) is 33.0 Å². The Morgan fingerprint density at radius 1 is 0.700 bits per heavy atom. The highest BCUT2D eigenvalue weighted by Gasteiger charge is 2.27. The number of hydrogen-bond donors (Lipinski definition) is 4. The minimum atomic E-state index is -2.97. The average molecular weight is 1130 g/mol. The predicted molar refractivity (Wildman–Crippen MR) is 317 cm³/mol. The van der Waals surface area contributed by atoms with Crippen LogP contribution in [0.5, 0.6) is 0 Å². The third kappa shape index (κ3) is 20.6. The Labute approximate surface area is 471 Å². The van der Waals surface area contributed by atoms with E-state index in [0.717, 1.165) is 44.8 Å². The molecule has 4 aromatic carbocycles.